The highest BCUT2D eigenvalue weighted by Crippen LogP contribution is 2.41. The number of hydrogen-bond donors (Lipinski definition) is 2. The molecule has 28 heavy (non-hydrogen) atoms. The lowest BCUT2D eigenvalue weighted by molar-refractivity contribution is -0.120. The standard InChI is InChI=1S/C19H19Cl3N2O3S/c1-27-17(26)15-12-8-5-9-13(12)28-16(15)24-18(19(20,21)22)23-14(25)10-11-6-3-2-4-7-11/h2-4,6-7,18,24H,5,8-10H2,1H3,(H,23,25). The van der Waals surface area contributed by atoms with E-state index in [-0.39, 0.29) is 12.3 Å². The summed E-state index contributed by atoms with van der Waals surface area (Å²) in [5.41, 5.74) is 2.27. The van der Waals surface area contributed by atoms with Crippen LogP contribution in [0.1, 0.15) is 32.8 Å². The fraction of sp³-hybridized carbons (Fsp3) is 0.368. The average molecular weight is 462 g/mol. The number of thiophene rings is 1. The number of nitrogens with one attached hydrogen (secondary N) is 2. The molecular formula is C19H19Cl3N2O3S. The van der Waals surface area contributed by atoms with Crippen molar-refractivity contribution in [2.75, 3.05) is 12.4 Å². The van der Waals surface area contributed by atoms with Crippen LogP contribution in [0, 0.1) is 0 Å². The maximum atomic E-state index is 12.5. The molecule has 0 saturated heterocycles. The minimum absolute atomic E-state index is 0.143. The number of benzene rings is 1. The van der Waals surface area contributed by atoms with Crippen LogP contribution in [-0.2, 0) is 28.8 Å². The molecule has 2 N–H and O–H groups in total. The van der Waals surface area contributed by atoms with E-state index >= 15 is 0 Å². The topological polar surface area (TPSA) is 67.4 Å². The number of fused-ring (bicyclic) bond motifs is 1. The molecule has 3 rings (SSSR count). The van der Waals surface area contributed by atoms with Crippen LogP contribution in [-0.4, -0.2) is 28.9 Å². The van der Waals surface area contributed by atoms with Crippen LogP contribution < -0.4 is 10.6 Å². The number of esters is 1. The fourth-order valence-corrected chi connectivity index (χ4v) is 4.78. The first kappa shape index (κ1) is 21.2. The molecular weight excluding hydrogens is 443 g/mol. The molecule has 150 valence electrons. The van der Waals surface area contributed by atoms with Gasteiger partial charge in [-0.3, -0.25) is 4.79 Å². The van der Waals surface area contributed by atoms with E-state index in [0.29, 0.717) is 10.6 Å². The number of ether oxygens (including phenoxy) is 1. The molecule has 9 heteroatoms. The van der Waals surface area contributed by atoms with Crippen LogP contribution in [0.25, 0.3) is 0 Å². The summed E-state index contributed by atoms with van der Waals surface area (Å²) < 4.78 is 3.10. The Balaban J connectivity index is 1.80. The van der Waals surface area contributed by atoms with Gasteiger partial charge in [0.05, 0.1) is 19.1 Å². The molecule has 1 heterocycles. The number of halogens is 3. The Labute approximate surface area is 182 Å². The summed E-state index contributed by atoms with van der Waals surface area (Å²) in [4.78, 5) is 25.9. The summed E-state index contributed by atoms with van der Waals surface area (Å²) in [6.07, 6.45) is 1.81. The van der Waals surface area contributed by atoms with Crippen LogP contribution in [0.5, 0.6) is 0 Å². The van der Waals surface area contributed by atoms with Crippen LogP contribution in [0.2, 0.25) is 0 Å². The van der Waals surface area contributed by atoms with Gasteiger partial charge in [0.2, 0.25) is 9.70 Å². The Hall–Kier alpha value is -1.47. The van der Waals surface area contributed by atoms with Crippen molar-refractivity contribution in [3.05, 3.63) is 51.9 Å². The van der Waals surface area contributed by atoms with Crippen molar-refractivity contribution in [1.82, 2.24) is 5.32 Å². The number of amides is 1. The zero-order valence-electron chi connectivity index (χ0n) is 15.1. The summed E-state index contributed by atoms with van der Waals surface area (Å²) in [6, 6.07) is 9.26. The summed E-state index contributed by atoms with van der Waals surface area (Å²) in [5.74, 6) is -0.751. The van der Waals surface area contributed by atoms with Gasteiger partial charge < -0.3 is 15.4 Å². The second kappa shape index (κ2) is 8.91. The van der Waals surface area contributed by atoms with Gasteiger partial charge in [-0.15, -0.1) is 11.3 Å². The van der Waals surface area contributed by atoms with Crippen LogP contribution in [0.3, 0.4) is 0 Å². The molecule has 1 aliphatic carbocycles. The molecule has 1 aromatic heterocycles. The third-order valence-electron chi connectivity index (χ3n) is 4.43. The van der Waals surface area contributed by atoms with Crippen molar-refractivity contribution in [2.45, 2.75) is 35.6 Å². The highest BCUT2D eigenvalue weighted by atomic mass is 35.6. The van der Waals surface area contributed by atoms with E-state index in [1.165, 1.54) is 18.4 Å². The Bertz CT molecular complexity index is 865. The minimum atomic E-state index is -1.83. The molecule has 0 spiro atoms. The van der Waals surface area contributed by atoms with Gasteiger partial charge in [-0.1, -0.05) is 65.1 Å². The first-order valence-corrected chi connectivity index (χ1v) is 10.6. The van der Waals surface area contributed by atoms with Gasteiger partial charge in [0.15, 0.2) is 0 Å². The average Bonchev–Trinajstić information content (AvgIpc) is 3.21. The Morgan fingerprint density at radius 3 is 2.57 bits per heavy atom. The van der Waals surface area contributed by atoms with Crippen LogP contribution >= 0.6 is 46.1 Å². The predicted molar refractivity (Wildman–Crippen MR) is 114 cm³/mol. The van der Waals surface area contributed by atoms with Crippen molar-refractivity contribution in [1.29, 1.82) is 0 Å². The Morgan fingerprint density at radius 2 is 1.93 bits per heavy atom. The van der Waals surface area contributed by atoms with Crippen LogP contribution in [0.4, 0.5) is 5.00 Å². The molecule has 1 unspecified atom stereocenters. The molecule has 1 atom stereocenters. The van der Waals surface area contributed by atoms with E-state index < -0.39 is 15.9 Å². The van der Waals surface area contributed by atoms with Crippen molar-refractivity contribution < 1.29 is 14.3 Å². The molecule has 1 aliphatic rings. The van der Waals surface area contributed by atoms with Gasteiger partial charge in [0, 0.05) is 4.88 Å². The van der Waals surface area contributed by atoms with E-state index in [0.717, 1.165) is 35.3 Å². The maximum Gasteiger partial charge on any atom is 0.341 e. The lowest BCUT2D eigenvalue weighted by Gasteiger charge is -2.27. The van der Waals surface area contributed by atoms with Crippen molar-refractivity contribution in [3.63, 3.8) is 0 Å². The van der Waals surface area contributed by atoms with E-state index in [4.69, 9.17) is 39.5 Å². The fourth-order valence-electron chi connectivity index (χ4n) is 3.15. The number of carbonyl (C=O) groups is 2. The zero-order valence-corrected chi connectivity index (χ0v) is 18.1. The first-order valence-electron chi connectivity index (χ1n) is 8.69. The largest absolute Gasteiger partial charge is 0.465 e. The van der Waals surface area contributed by atoms with Gasteiger partial charge in [-0.25, -0.2) is 4.79 Å². The summed E-state index contributed by atoms with van der Waals surface area (Å²) in [6.45, 7) is 0. The first-order chi connectivity index (χ1) is 13.3. The van der Waals surface area contributed by atoms with E-state index in [2.05, 4.69) is 10.6 Å². The molecule has 0 fully saturated rings. The second-order valence-corrected chi connectivity index (χ2v) is 9.88. The van der Waals surface area contributed by atoms with Gasteiger partial charge in [0.25, 0.3) is 0 Å². The second-order valence-electron chi connectivity index (χ2n) is 6.40. The Morgan fingerprint density at radius 1 is 1.21 bits per heavy atom. The number of rotatable bonds is 6. The number of anilines is 1. The third-order valence-corrected chi connectivity index (χ3v) is 6.30. The highest BCUT2D eigenvalue weighted by molar-refractivity contribution is 7.16. The number of hydrogen-bond acceptors (Lipinski definition) is 5. The van der Waals surface area contributed by atoms with Gasteiger partial charge in [0.1, 0.15) is 11.2 Å². The molecule has 1 aromatic carbocycles. The van der Waals surface area contributed by atoms with Crippen LogP contribution in [0.15, 0.2) is 30.3 Å². The van der Waals surface area contributed by atoms with Crippen molar-refractivity contribution in [3.8, 4) is 0 Å². The monoisotopic (exact) mass is 460 g/mol. The molecule has 0 bridgehead atoms. The van der Waals surface area contributed by atoms with Crippen molar-refractivity contribution >= 4 is 63.0 Å². The number of alkyl halides is 3. The molecule has 0 radical (unpaired) electrons. The smallest absolute Gasteiger partial charge is 0.341 e. The zero-order chi connectivity index (χ0) is 20.3. The quantitative estimate of drug-likeness (QED) is 0.378. The maximum absolute atomic E-state index is 12.5. The predicted octanol–water partition coefficient (Wildman–Crippen LogP) is 4.49. The third kappa shape index (κ3) is 4.92. The Kier molecular flexibility index (Phi) is 6.76. The van der Waals surface area contributed by atoms with E-state index in [1.54, 1.807) is 0 Å². The SMILES string of the molecule is COC(=O)c1c(NC(NC(=O)Cc2ccccc2)C(Cl)(Cl)Cl)sc2c1CCC2. The molecule has 2 aromatic rings. The minimum Gasteiger partial charge on any atom is -0.465 e. The summed E-state index contributed by atoms with van der Waals surface area (Å²) in [5, 5.41) is 6.29. The lowest BCUT2D eigenvalue weighted by atomic mass is 10.1. The molecule has 0 aliphatic heterocycles. The van der Waals surface area contributed by atoms with E-state index in [9.17, 15) is 9.59 Å². The number of methoxy groups -OCH3 is 1. The van der Waals surface area contributed by atoms with Crippen molar-refractivity contribution in [2.24, 2.45) is 0 Å². The van der Waals surface area contributed by atoms with Gasteiger partial charge in [-0.2, -0.15) is 0 Å². The van der Waals surface area contributed by atoms with Gasteiger partial charge >= 0.3 is 5.97 Å². The molecule has 1 amide bonds. The summed E-state index contributed by atoms with van der Waals surface area (Å²) in [7, 11) is 1.33. The molecule has 0 saturated carbocycles. The molecule has 5 nitrogen and oxygen atoms in total. The summed E-state index contributed by atoms with van der Waals surface area (Å²) >= 11 is 19.7. The number of aryl methyl sites for hydroxylation is 1. The lowest BCUT2D eigenvalue weighted by Crippen LogP contribution is -2.49. The van der Waals surface area contributed by atoms with E-state index in [1.807, 2.05) is 30.3 Å². The normalized spacial score (nSPS) is 14.3. The highest BCUT2D eigenvalue weighted by Gasteiger charge is 2.36. The van der Waals surface area contributed by atoms with Gasteiger partial charge in [-0.05, 0) is 30.4 Å². The number of carbonyl (C=O) groups excluding carboxylic acids is 2.